The molecule has 20 heavy (non-hydrogen) atoms. The van der Waals surface area contributed by atoms with Gasteiger partial charge in [0.25, 0.3) is 0 Å². The van der Waals surface area contributed by atoms with Crippen molar-refractivity contribution in [1.82, 2.24) is 10.2 Å². The first kappa shape index (κ1) is 14.9. The van der Waals surface area contributed by atoms with Crippen LogP contribution in [0.15, 0.2) is 24.3 Å². The van der Waals surface area contributed by atoms with Crippen LogP contribution < -0.4 is 11.1 Å². The lowest BCUT2D eigenvalue weighted by Crippen LogP contribution is -2.45. The Morgan fingerprint density at radius 2 is 2.40 bits per heavy atom. The van der Waals surface area contributed by atoms with Crippen LogP contribution in [0.2, 0.25) is 0 Å². The molecule has 0 spiro atoms. The van der Waals surface area contributed by atoms with Crippen molar-refractivity contribution in [3.8, 4) is 0 Å². The van der Waals surface area contributed by atoms with E-state index in [9.17, 15) is 9.18 Å². The number of piperidine rings is 1. The van der Waals surface area contributed by atoms with Gasteiger partial charge in [0.05, 0.1) is 5.92 Å². The maximum atomic E-state index is 13.4. The van der Waals surface area contributed by atoms with Gasteiger partial charge in [0, 0.05) is 26.2 Å². The lowest BCUT2D eigenvalue weighted by atomic mass is 9.94. The summed E-state index contributed by atoms with van der Waals surface area (Å²) in [5.74, 6) is -0.179. The van der Waals surface area contributed by atoms with Crippen LogP contribution >= 0.6 is 0 Å². The molecular formula is C15H22FN3O. The fourth-order valence-corrected chi connectivity index (χ4v) is 2.92. The molecule has 2 unspecified atom stereocenters. The van der Waals surface area contributed by atoms with Gasteiger partial charge in [-0.3, -0.25) is 9.69 Å². The zero-order valence-electron chi connectivity index (χ0n) is 11.8. The minimum atomic E-state index is -0.249. The minimum absolute atomic E-state index is 0.00337. The van der Waals surface area contributed by atoms with Gasteiger partial charge in [-0.1, -0.05) is 12.1 Å². The molecule has 2 atom stereocenters. The van der Waals surface area contributed by atoms with Gasteiger partial charge < -0.3 is 11.1 Å². The normalized spacial score (nSPS) is 21.4. The Hall–Kier alpha value is -1.46. The van der Waals surface area contributed by atoms with Crippen LogP contribution in [0.4, 0.5) is 4.39 Å². The highest BCUT2D eigenvalue weighted by molar-refractivity contribution is 5.78. The molecule has 0 saturated carbocycles. The molecule has 1 fully saturated rings. The van der Waals surface area contributed by atoms with Gasteiger partial charge >= 0.3 is 0 Å². The molecule has 1 saturated heterocycles. The monoisotopic (exact) mass is 279 g/mol. The number of benzene rings is 1. The Bertz CT molecular complexity index is 466. The summed E-state index contributed by atoms with van der Waals surface area (Å²) >= 11 is 0. The van der Waals surface area contributed by atoms with Gasteiger partial charge in [-0.15, -0.1) is 0 Å². The number of hydrogen-bond donors (Lipinski definition) is 2. The van der Waals surface area contributed by atoms with E-state index in [0.29, 0.717) is 13.1 Å². The fraction of sp³-hybridized carbons (Fsp3) is 0.533. The lowest BCUT2D eigenvalue weighted by molar-refractivity contribution is -0.126. The fourth-order valence-electron chi connectivity index (χ4n) is 2.92. The molecule has 0 aliphatic carbocycles. The number of nitrogens with one attached hydrogen (secondary N) is 1. The predicted molar refractivity (Wildman–Crippen MR) is 76.6 cm³/mol. The van der Waals surface area contributed by atoms with E-state index in [0.717, 1.165) is 24.9 Å². The van der Waals surface area contributed by atoms with Crippen LogP contribution in [0, 0.1) is 11.7 Å². The van der Waals surface area contributed by atoms with Gasteiger partial charge in [-0.25, -0.2) is 4.39 Å². The first-order valence-electron chi connectivity index (χ1n) is 7.07. The molecule has 110 valence electrons. The second kappa shape index (κ2) is 6.81. The van der Waals surface area contributed by atoms with Crippen molar-refractivity contribution >= 4 is 5.91 Å². The zero-order valence-corrected chi connectivity index (χ0v) is 11.8. The highest BCUT2D eigenvalue weighted by Crippen LogP contribution is 2.26. The first-order valence-corrected chi connectivity index (χ1v) is 7.07. The topological polar surface area (TPSA) is 58.4 Å². The van der Waals surface area contributed by atoms with Crippen molar-refractivity contribution in [3.63, 3.8) is 0 Å². The van der Waals surface area contributed by atoms with Crippen LogP contribution in [-0.4, -0.2) is 37.5 Å². The van der Waals surface area contributed by atoms with Crippen molar-refractivity contribution in [2.24, 2.45) is 11.7 Å². The molecule has 2 rings (SSSR count). The molecule has 3 N–H and O–H groups in total. The molecule has 5 heteroatoms. The number of rotatable bonds is 4. The molecule has 0 aromatic heterocycles. The average Bonchev–Trinajstić information content (AvgIpc) is 2.47. The molecule has 1 aliphatic rings. The van der Waals surface area contributed by atoms with E-state index in [1.165, 1.54) is 12.1 Å². The van der Waals surface area contributed by atoms with Crippen molar-refractivity contribution in [2.75, 3.05) is 26.7 Å². The Morgan fingerprint density at radius 3 is 3.05 bits per heavy atom. The van der Waals surface area contributed by atoms with E-state index in [-0.39, 0.29) is 23.7 Å². The van der Waals surface area contributed by atoms with Crippen LogP contribution in [0.5, 0.6) is 0 Å². The number of nitrogens with zero attached hydrogens (tertiary/aromatic N) is 1. The van der Waals surface area contributed by atoms with Crippen molar-refractivity contribution < 1.29 is 9.18 Å². The number of halogens is 1. The third kappa shape index (κ3) is 3.35. The second-order valence-electron chi connectivity index (χ2n) is 5.25. The van der Waals surface area contributed by atoms with Gasteiger partial charge in [0.2, 0.25) is 5.91 Å². The molecule has 1 heterocycles. The standard InChI is InChI=1S/C15H22FN3O/c1-18-15(20)12-5-3-7-19(10-12)14(9-17)11-4-2-6-13(16)8-11/h2,4,6,8,12,14H,3,5,7,9-10,17H2,1H3,(H,18,20). The summed E-state index contributed by atoms with van der Waals surface area (Å²) in [4.78, 5) is 14.0. The van der Waals surface area contributed by atoms with E-state index in [1.807, 2.05) is 6.07 Å². The molecule has 1 aliphatic heterocycles. The lowest BCUT2D eigenvalue weighted by Gasteiger charge is -2.37. The summed E-state index contributed by atoms with van der Waals surface area (Å²) < 4.78 is 13.4. The molecule has 1 amide bonds. The number of amides is 1. The predicted octanol–water partition coefficient (Wildman–Crippen LogP) is 1.28. The van der Waals surface area contributed by atoms with E-state index < -0.39 is 0 Å². The first-order chi connectivity index (χ1) is 9.65. The third-order valence-electron chi connectivity index (χ3n) is 3.97. The number of hydrogen-bond acceptors (Lipinski definition) is 3. The number of carbonyl (C=O) groups excluding carboxylic acids is 1. The van der Waals surface area contributed by atoms with Crippen LogP contribution in [0.3, 0.4) is 0 Å². The summed E-state index contributed by atoms with van der Waals surface area (Å²) in [5.41, 5.74) is 6.75. The molecule has 4 nitrogen and oxygen atoms in total. The number of nitrogens with two attached hydrogens (primary N) is 1. The zero-order chi connectivity index (χ0) is 14.5. The van der Waals surface area contributed by atoms with Crippen molar-refractivity contribution in [1.29, 1.82) is 0 Å². The average molecular weight is 279 g/mol. The highest BCUT2D eigenvalue weighted by Gasteiger charge is 2.29. The number of likely N-dealkylation sites (tertiary alicyclic amines) is 1. The highest BCUT2D eigenvalue weighted by atomic mass is 19.1. The van der Waals surface area contributed by atoms with Gasteiger partial charge in [-0.05, 0) is 37.1 Å². The van der Waals surface area contributed by atoms with E-state index in [4.69, 9.17) is 5.73 Å². The summed E-state index contributed by atoms with van der Waals surface area (Å²) in [6.07, 6.45) is 1.86. The van der Waals surface area contributed by atoms with E-state index in [1.54, 1.807) is 13.1 Å². The Morgan fingerprint density at radius 1 is 1.60 bits per heavy atom. The Balaban J connectivity index is 2.13. The maximum Gasteiger partial charge on any atom is 0.224 e. The van der Waals surface area contributed by atoms with Crippen LogP contribution in [0.1, 0.15) is 24.4 Å². The molecule has 0 bridgehead atoms. The molecule has 0 radical (unpaired) electrons. The molecule has 1 aromatic rings. The minimum Gasteiger partial charge on any atom is -0.359 e. The summed E-state index contributed by atoms with van der Waals surface area (Å²) in [6, 6.07) is 6.53. The maximum absolute atomic E-state index is 13.4. The van der Waals surface area contributed by atoms with Crippen molar-refractivity contribution in [2.45, 2.75) is 18.9 Å². The SMILES string of the molecule is CNC(=O)C1CCCN(C(CN)c2cccc(F)c2)C1. The van der Waals surface area contributed by atoms with E-state index in [2.05, 4.69) is 10.2 Å². The van der Waals surface area contributed by atoms with E-state index >= 15 is 0 Å². The largest absolute Gasteiger partial charge is 0.359 e. The second-order valence-corrected chi connectivity index (χ2v) is 5.25. The van der Waals surface area contributed by atoms with Crippen LogP contribution in [-0.2, 0) is 4.79 Å². The van der Waals surface area contributed by atoms with Gasteiger partial charge in [0.15, 0.2) is 0 Å². The summed E-state index contributed by atoms with van der Waals surface area (Å²) in [5, 5.41) is 2.70. The van der Waals surface area contributed by atoms with Crippen molar-refractivity contribution in [3.05, 3.63) is 35.6 Å². The quantitative estimate of drug-likeness (QED) is 0.873. The Labute approximate surface area is 119 Å². The summed E-state index contributed by atoms with van der Waals surface area (Å²) in [6.45, 7) is 1.99. The van der Waals surface area contributed by atoms with Crippen LogP contribution in [0.25, 0.3) is 0 Å². The van der Waals surface area contributed by atoms with Gasteiger partial charge in [-0.2, -0.15) is 0 Å². The van der Waals surface area contributed by atoms with Gasteiger partial charge in [0.1, 0.15) is 5.82 Å². The molecule has 1 aromatic carbocycles. The smallest absolute Gasteiger partial charge is 0.224 e. The summed E-state index contributed by atoms with van der Waals surface area (Å²) in [7, 11) is 1.66. The molecular weight excluding hydrogens is 257 g/mol. The third-order valence-corrected chi connectivity index (χ3v) is 3.97. The Kier molecular flexibility index (Phi) is 5.09. The number of carbonyl (C=O) groups is 1.